The lowest BCUT2D eigenvalue weighted by atomic mass is 10.1. The van der Waals surface area contributed by atoms with E-state index in [1.54, 1.807) is 6.20 Å². The fourth-order valence-electron chi connectivity index (χ4n) is 3.99. The summed E-state index contributed by atoms with van der Waals surface area (Å²) in [5, 5.41) is 5.55. The molecule has 2 amide bonds. The molecule has 0 aliphatic carbocycles. The van der Waals surface area contributed by atoms with Gasteiger partial charge in [-0.15, -0.1) is 0 Å². The van der Waals surface area contributed by atoms with Crippen molar-refractivity contribution in [3.05, 3.63) is 89.2 Å². The molecule has 0 radical (unpaired) electrons. The Morgan fingerprint density at radius 3 is 2.71 bits per heavy atom. The number of carbonyl (C=O) groups excluding carboxylic acids is 2. The minimum Gasteiger partial charge on any atom is -0.362 e. The summed E-state index contributed by atoms with van der Waals surface area (Å²) in [7, 11) is 0. The van der Waals surface area contributed by atoms with Gasteiger partial charge >= 0.3 is 11.8 Å². The molecule has 6 nitrogen and oxygen atoms in total. The molecule has 0 spiro atoms. The van der Waals surface area contributed by atoms with Gasteiger partial charge in [0.2, 0.25) is 0 Å². The van der Waals surface area contributed by atoms with Crippen LogP contribution in [0.15, 0.2) is 67.0 Å². The highest BCUT2D eigenvalue weighted by molar-refractivity contribution is 6.39. The highest BCUT2D eigenvalue weighted by atomic mass is 16.2. The molecule has 1 aliphatic rings. The first-order valence-electron chi connectivity index (χ1n) is 10.4. The number of hydrogen-bond donors (Lipinski definition) is 2. The minimum atomic E-state index is -0.666. The largest absolute Gasteiger partial charge is 0.362 e. The van der Waals surface area contributed by atoms with Gasteiger partial charge in [0.05, 0.1) is 6.04 Å². The summed E-state index contributed by atoms with van der Waals surface area (Å²) in [5.41, 5.74) is 6.02. The van der Waals surface area contributed by atoms with E-state index in [0.29, 0.717) is 12.2 Å². The van der Waals surface area contributed by atoms with Crippen LogP contribution < -0.4 is 15.5 Å². The Balaban J connectivity index is 1.48. The van der Waals surface area contributed by atoms with Crippen LogP contribution in [0, 0.1) is 13.8 Å². The summed E-state index contributed by atoms with van der Waals surface area (Å²) in [6, 6.07) is 17.8. The number of pyridine rings is 1. The molecule has 2 aromatic carbocycles. The average Bonchev–Trinajstić information content (AvgIpc) is 3.21. The zero-order valence-corrected chi connectivity index (χ0v) is 17.8. The molecule has 158 valence electrons. The monoisotopic (exact) mass is 414 g/mol. The van der Waals surface area contributed by atoms with Crippen molar-refractivity contribution in [1.29, 1.82) is 0 Å². The van der Waals surface area contributed by atoms with Gasteiger partial charge in [0.15, 0.2) is 0 Å². The normalized spacial score (nSPS) is 13.4. The van der Waals surface area contributed by atoms with Crippen LogP contribution in [-0.4, -0.2) is 29.9 Å². The lowest BCUT2D eigenvalue weighted by Gasteiger charge is -2.30. The number of nitrogens with zero attached hydrogens (tertiary/aromatic N) is 2. The molecule has 1 aromatic heterocycles. The number of aryl methyl sites for hydroxylation is 2. The van der Waals surface area contributed by atoms with Crippen LogP contribution in [0.3, 0.4) is 0 Å². The molecule has 4 rings (SSSR count). The van der Waals surface area contributed by atoms with Crippen molar-refractivity contribution in [2.45, 2.75) is 26.3 Å². The molecule has 0 fully saturated rings. The van der Waals surface area contributed by atoms with E-state index in [9.17, 15) is 9.59 Å². The Morgan fingerprint density at radius 1 is 1.06 bits per heavy atom. The Bertz CT molecular complexity index is 1100. The number of rotatable bonds is 5. The van der Waals surface area contributed by atoms with E-state index in [2.05, 4.69) is 32.7 Å². The zero-order chi connectivity index (χ0) is 21.8. The number of nitrogens with one attached hydrogen (secondary N) is 2. The van der Waals surface area contributed by atoms with Crippen molar-refractivity contribution in [1.82, 2.24) is 10.3 Å². The summed E-state index contributed by atoms with van der Waals surface area (Å²) in [4.78, 5) is 31.6. The number of aromatic nitrogens is 1. The average molecular weight is 415 g/mol. The van der Waals surface area contributed by atoms with Crippen LogP contribution in [0.1, 0.15) is 28.3 Å². The summed E-state index contributed by atoms with van der Waals surface area (Å²) < 4.78 is 0. The molecule has 1 atom stereocenters. The summed E-state index contributed by atoms with van der Waals surface area (Å²) in [6.07, 6.45) is 4.50. The number of amides is 2. The van der Waals surface area contributed by atoms with Gasteiger partial charge in [0, 0.05) is 36.9 Å². The third-order valence-electron chi connectivity index (χ3n) is 5.67. The predicted octanol–water partition coefficient (Wildman–Crippen LogP) is 3.56. The maximum Gasteiger partial charge on any atom is 0.313 e. The van der Waals surface area contributed by atoms with Crippen LogP contribution in [0.25, 0.3) is 0 Å². The maximum atomic E-state index is 12.6. The lowest BCUT2D eigenvalue weighted by molar-refractivity contribution is -0.136. The van der Waals surface area contributed by atoms with Crippen molar-refractivity contribution in [3.63, 3.8) is 0 Å². The molecule has 31 heavy (non-hydrogen) atoms. The molecule has 0 bridgehead atoms. The highest BCUT2D eigenvalue weighted by Gasteiger charge is 2.28. The van der Waals surface area contributed by atoms with Crippen molar-refractivity contribution in [2.75, 3.05) is 23.3 Å². The summed E-state index contributed by atoms with van der Waals surface area (Å²) in [5.74, 6) is -1.32. The number of benzene rings is 2. The fraction of sp³-hybridized carbons (Fsp3) is 0.240. The van der Waals surface area contributed by atoms with Gasteiger partial charge in [0.1, 0.15) is 0 Å². The molecule has 6 heteroatoms. The van der Waals surface area contributed by atoms with E-state index in [4.69, 9.17) is 0 Å². The van der Waals surface area contributed by atoms with Gasteiger partial charge in [-0.2, -0.15) is 0 Å². The van der Waals surface area contributed by atoms with E-state index < -0.39 is 11.8 Å². The Labute approximate surface area is 182 Å². The Kier molecular flexibility index (Phi) is 5.98. The second-order valence-corrected chi connectivity index (χ2v) is 7.86. The van der Waals surface area contributed by atoms with E-state index in [1.807, 2.05) is 62.5 Å². The third-order valence-corrected chi connectivity index (χ3v) is 5.67. The highest BCUT2D eigenvalue weighted by Crippen LogP contribution is 2.34. The summed E-state index contributed by atoms with van der Waals surface area (Å²) >= 11 is 0. The van der Waals surface area contributed by atoms with Crippen LogP contribution >= 0.6 is 0 Å². The molecule has 2 heterocycles. The van der Waals surface area contributed by atoms with Crippen molar-refractivity contribution < 1.29 is 9.59 Å². The molecule has 0 saturated carbocycles. The van der Waals surface area contributed by atoms with Crippen LogP contribution in [0.4, 0.5) is 11.4 Å². The molecule has 0 saturated heterocycles. The van der Waals surface area contributed by atoms with Gasteiger partial charge in [-0.3, -0.25) is 14.6 Å². The van der Waals surface area contributed by atoms with Gasteiger partial charge in [0.25, 0.3) is 0 Å². The van der Waals surface area contributed by atoms with Crippen LogP contribution in [0.5, 0.6) is 0 Å². The predicted molar refractivity (Wildman–Crippen MR) is 122 cm³/mol. The van der Waals surface area contributed by atoms with Gasteiger partial charge < -0.3 is 15.5 Å². The van der Waals surface area contributed by atoms with Crippen molar-refractivity contribution in [3.8, 4) is 0 Å². The number of carbonyl (C=O) groups is 2. The van der Waals surface area contributed by atoms with Crippen molar-refractivity contribution in [2.24, 2.45) is 0 Å². The van der Waals surface area contributed by atoms with E-state index in [1.165, 1.54) is 5.56 Å². The molecule has 2 N–H and O–H groups in total. The molecule has 1 unspecified atom stereocenters. The number of anilines is 2. The Hall–Kier alpha value is -3.67. The zero-order valence-electron chi connectivity index (χ0n) is 17.8. The SMILES string of the molecule is Cc1ccc(C)c(NC(=O)C(=O)NCC(c2cccnc2)N2CCc3ccccc32)c1. The molecule has 3 aromatic rings. The van der Waals surface area contributed by atoms with Crippen LogP contribution in [-0.2, 0) is 16.0 Å². The van der Waals surface area contributed by atoms with Crippen LogP contribution in [0.2, 0.25) is 0 Å². The second-order valence-electron chi connectivity index (χ2n) is 7.86. The third kappa shape index (κ3) is 4.58. The lowest BCUT2D eigenvalue weighted by Crippen LogP contribution is -2.42. The molecular weight excluding hydrogens is 388 g/mol. The molecular formula is C25H26N4O2. The quantitative estimate of drug-likeness (QED) is 0.626. The fourth-order valence-corrected chi connectivity index (χ4v) is 3.99. The standard InChI is InChI=1S/C25H26N4O2/c1-17-9-10-18(2)21(14-17)28-25(31)24(30)27-16-23(20-7-5-12-26-15-20)29-13-11-19-6-3-4-8-22(19)29/h3-10,12,14-15,23H,11,13,16H2,1-2H3,(H,27,30)(H,28,31). The van der Waals surface area contributed by atoms with Crippen molar-refractivity contribution >= 4 is 23.2 Å². The molecule has 1 aliphatic heterocycles. The first-order chi connectivity index (χ1) is 15.0. The topological polar surface area (TPSA) is 74.3 Å². The maximum absolute atomic E-state index is 12.6. The van der Waals surface area contributed by atoms with Gasteiger partial charge in [-0.25, -0.2) is 0 Å². The first-order valence-corrected chi connectivity index (χ1v) is 10.4. The number of fused-ring (bicyclic) bond motifs is 1. The van der Waals surface area contributed by atoms with E-state index in [0.717, 1.165) is 35.3 Å². The Morgan fingerprint density at radius 2 is 1.90 bits per heavy atom. The minimum absolute atomic E-state index is 0.116. The van der Waals surface area contributed by atoms with E-state index in [-0.39, 0.29) is 6.04 Å². The van der Waals surface area contributed by atoms with Gasteiger partial charge in [-0.05, 0) is 60.7 Å². The number of hydrogen-bond acceptors (Lipinski definition) is 4. The second kappa shape index (κ2) is 9.00. The first kappa shape index (κ1) is 20.6. The summed E-state index contributed by atoms with van der Waals surface area (Å²) in [6.45, 7) is 5.00. The smallest absolute Gasteiger partial charge is 0.313 e. The van der Waals surface area contributed by atoms with Gasteiger partial charge in [-0.1, -0.05) is 36.4 Å². The van der Waals surface area contributed by atoms with E-state index >= 15 is 0 Å². The number of para-hydroxylation sites is 1.